The van der Waals surface area contributed by atoms with Crippen LogP contribution >= 0.6 is 0 Å². The number of ketones is 1. The molecule has 0 radical (unpaired) electrons. The van der Waals surface area contributed by atoms with Crippen molar-refractivity contribution in [1.29, 1.82) is 0 Å². The second-order valence-corrected chi connectivity index (χ2v) is 7.74. The third-order valence-corrected chi connectivity index (χ3v) is 6.17. The molecular weight excluding hydrogens is 353 g/mol. The fourth-order valence-electron chi connectivity index (χ4n) is 4.64. The van der Waals surface area contributed by atoms with Gasteiger partial charge >= 0.3 is 0 Å². The van der Waals surface area contributed by atoms with Crippen LogP contribution in [-0.2, 0) is 24.1 Å². The van der Waals surface area contributed by atoms with Gasteiger partial charge in [-0.1, -0.05) is 30.4 Å². The van der Waals surface area contributed by atoms with E-state index in [1.165, 1.54) is 12.1 Å². The van der Waals surface area contributed by atoms with Crippen LogP contribution < -0.4 is 5.73 Å². The highest BCUT2D eigenvalue weighted by Gasteiger charge is 2.32. The van der Waals surface area contributed by atoms with E-state index in [1.54, 1.807) is 0 Å². The van der Waals surface area contributed by atoms with Gasteiger partial charge in [-0.2, -0.15) is 0 Å². The number of halogens is 1. The predicted octanol–water partition coefficient (Wildman–Crippen LogP) is 4.41. The summed E-state index contributed by atoms with van der Waals surface area (Å²) in [7, 11) is 0. The average Bonchev–Trinajstić information content (AvgIpc) is 3.23. The first-order valence-electron chi connectivity index (χ1n) is 9.42. The molecule has 142 valence electrons. The Morgan fingerprint density at radius 2 is 1.93 bits per heavy atom. The first kappa shape index (κ1) is 18.4. The Morgan fingerprint density at radius 3 is 2.61 bits per heavy atom. The number of benzene rings is 2. The highest BCUT2D eigenvalue weighted by Crippen LogP contribution is 2.45. The van der Waals surface area contributed by atoms with Crippen LogP contribution in [0.15, 0.2) is 42.5 Å². The van der Waals surface area contributed by atoms with Gasteiger partial charge in [0, 0.05) is 17.0 Å². The van der Waals surface area contributed by atoms with Gasteiger partial charge in [0.05, 0.1) is 0 Å². The Bertz CT molecular complexity index is 1090. The zero-order chi connectivity index (χ0) is 20.2. The average molecular weight is 375 g/mol. The molecule has 4 heteroatoms. The van der Waals surface area contributed by atoms with Crippen LogP contribution in [0.3, 0.4) is 0 Å². The largest absolute Gasteiger partial charge is 0.366 e. The summed E-state index contributed by atoms with van der Waals surface area (Å²) in [5.41, 5.74) is 12.8. The summed E-state index contributed by atoms with van der Waals surface area (Å²) >= 11 is 0. The molecule has 0 spiro atoms. The van der Waals surface area contributed by atoms with Gasteiger partial charge in [-0.3, -0.25) is 9.59 Å². The number of primary amides is 1. The standard InChI is InChI=1S/C24H22FNO2/c1-4-21(27)15-9-14-6-5-7-16(17(14)10-15)23-20(25)11-19(24(26)28)18-8-12(2)13(3)22(18)23/h4-7,11,15H,1,8-10H2,2-3H3,(H2,26,28). The van der Waals surface area contributed by atoms with Crippen LogP contribution in [0.1, 0.15) is 46.5 Å². The van der Waals surface area contributed by atoms with Gasteiger partial charge in [-0.05, 0) is 78.6 Å². The van der Waals surface area contributed by atoms with Crippen LogP contribution in [0.5, 0.6) is 0 Å². The number of nitrogens with two attached hydrogens (primary N) is 1. The van der Waals surface area contributed by atoms with Gasteiger partial charge in [-0.15, -0.1) is 0 Å². The summed E-state index contributed by atoms with van der Waals surface area (Å²) in [6, 6.07) is 7.08. The summed E-state index contributed by atoms with van der Waals surface area (Å²) in [5.74, 6) is -1.19. The maximum Gasteiger partial charge on any atom is 0.249 e. The second kappa shape index (κ2) is 6.55. The summed E-state index contributed by atoms with van der Waals surface area (Å²) in [4.78, 5) is 24.1. The normalized spacial score (nSPS) is 17.5. The number of carbonyl (C=O) groups excluding carboxylic acids is 2. The van der Waals surface area contributed by atoms with Crippen molar-refractivity contribution in [3.8, 4) is 11.1 Å². The molecule has 0 aliphatic heterocycles. The van der Waals surface area contributed by atoms with E-state index in [1.807, 2.05) is 32.0 Å². The van der Waals surface area contributed by atoms with Crippen molar-refractivity contribution >= 4 is 17.3 Å². The third-order valence-electron chi connectivity index (χ3n) is 6.17. The molecule has 28 heavy (non-hydrogen) atoms. The van der Waals surface area contributed by atoms with Gasteiger partial charge in [0.25, 0.3) is 0 Å². The van der Waals surface area contributed by atoms with E-state index >= 15 is 4.39 Å². The fourth-order valence-corrected chi connectivity index (χ4v) is 4.64. The zero-order valence-corrected chi connectivity index (χ0v) is 16.1. The number of carbonyl (C=O) groups is 2. The molecule has 2 aromatic carbocycles. The summed E-state index contributed by atoms with van der Waals surface area (Å²) in [6.45, 7) is 7.55. The van der Waals surface area contributed by atoms with E-state index in [9.17, 15) is 9.59 Å². The molecule has 2 aromatic rings. The minimum absolute atomic E-state index is 0.0175. The number of amides is 1. The maximum atomic E-state index is 15.3. The molecule has 1 atom stereocenters. The third kappa shape index (κ3) is 2.63. The van der Waals surface area contributed by atoms with Crippen molar-refractivity contribution in [2.45, 2.75) is 33.1 Å². The number of allylic oxidation sites excluding steroid dienone is 3. The Hall–Kier alpha value is -3.01. The van der Waals surface area contributed by atoms with E-state index in [0.717, 1.165) is 39.0 Å². The van der Waals surface area contributed by atoms with Crippen molar-refractivity contribution < 1.29 is 14.0 Å². The highest BCUT2D eigenvalue weighted by atomic mass is 19.1. The molecule has 0 saturated heterocycles. The molecule has 3 nitrogen and oxygen atoms in total. The van der Waals surface area contributed by atoms with Crippen LogP contribution in [0.25, 0.3) is 16.7 Å². The van der Waals surface area contributed by atoms with Crippen molar-refractivity contribution in [2.75, 3.05) is 0 Å². The fraction of sp³-hybridized carbons (Fsp3) is 0.250. The van der Waals surface area contributed by atoms with Gasteiger partial charge in [-0.25, -0.2) is 4.39 Å². The van der Waals surface area contributed by atoms with E-state index in [-0.39, 0.29) is 17.3 Å². The first-order valence-corrected chi connectivity index (χ1v) is 9.42. The maximum absolute atomic E-state index is 15.3. The quantitative estimate of drug-likeness (QED) is 0.805. The van der Waals surface area contributed by atoms with Crippen molar-refractivity contribution in [2.24, 2.45) is 11.7 Å². The molecule has 1 unspecified atom stereocenters. The molecule has 4 rings (SSSR count). The van der Waals surface area contributed by atoms with E-state index in [0.29, 0.717) is 24.8 Å². The Labute approximate surface area is 163 Å². The van der Waals surface area contributed by atoms with Crippen LogP contribution in [0.4, 0.5) is 4.39 Å². The molecule has 1 amide bonds. The summed E-state index contributed by atoms with van der Waals surface area (Å²) in [6.07, 6.45) is 3.18. The highest BCUT2D eigenvalue weighted by molar-refractivity contribution is 6.00. The number of hydrogen-bond acceptors (Lipinski definition) is 2. The Morgan fingerprint density at radius 1 is 1.18 bits per heavy atom. The summed E-state index contributed by atoms with van der Waals surface area (Å²) in [5, 5.41) is 0. The van der Waals surface area contributed by atoms with Crippen molar-refractivity contribution in [1.82, 2.24) is 0 Å². The number of fused-ring (bicyclic) bond motifs is 2. The lowest BCUT2D eigenvalue weighted by Crippen LogP contribution is -2.15. The molecule has 2 N–H and O–H groups in total. The molecule has 2 aliphatic carbocycles. The van der Waals surface area contributed by atoms with Crippen molar-refractivity contribution in [3.63, 3.8) is 0 Å². The zero-order valence-electron chi connectivity index (χ0n) is 16.1. The smallest absolute Gasteiger partial charge is 0.249 e. The lowest BCUT2D eigenvalue weighted by molar-refractivity contribution is -0.117. The molecule has 2 aliphatic rings. The lowest BCUT2D eigenvalue weighted by Gasteiger charge is -2.17. The molecule has 0 heterocycles. The Balaban J connectivity index is 1.96. The molecule has 0 fully saturated rings. The second-order valence-electron chi connectivity index (χ2n) is 7.74. The molecule has 0 aromatic heterocycles. The van der Waals surface area contributed by atoms with Crippen LogP contribution in [0, 0.1) is 11.7 Å². The molecular formula is C24H22FNO2. The lowest BCUT2D eigenvalue weighted by atomic mass is 9.87. The van der Waals surface area contributed by atoms with Gasteiger partial charge < -0.3 is 5.73 Å². The SMILES string of the molecule is C=CC(=O)C1Cc2cccc(-c3c(F)cc(C(N)=O)c4c3C(C)=C(C)C4)c2C1. The van der Waals surface area contributed by atoms with Gasteiger partial charge in [0.2, 0.25) is 5.91 Å². The Kier molecular flexibility index (Phi) is 4.30. The van der Waals surface area contributed by atoms with E-state index < -0.39 is 11.7 Å². The molecule has 0 saturated carbocycles. The minimum atomic E-state index is -0.612. The van der Waals surface area contributed by atoms with Crippen LogP contribution in [-0.4, -0.2) is 11.7 Å². The van der Waals surface area contributed by atoms with E-state index in [2.05, 4.69) is 6.58 Å². The first-order chi connectivity index (χ1) is 13.3. The predicted molar refractivity (Wildman–Crippen MR) is 108 cm³/mol. The van der Waals surface area contributed by atoms with E-state index in [4.69, 9.17) is 5.73 Å². The van der Waals surface area contributed by atoms with Crippen molar-refractivity contribution in [3.05, 3.63) is 76.1 Å². The molecule has 0 bridgehead atoms. The summed E-state index contributed by atoms with van der Waals surface area (Å²) < 4.78 is 15.3. The van der Waals surface area contributed by atoms with Crippen LogP contribution in [0.2, 0.25) is 0 Å². The number of hydrogen-bond donors (Lipinski definition) is 1. The monoisotopic (exact) mass is 375 g/mol. The van der Waals surface area contributed by atoms with Gasteiger partial charge in [0.1, 0.15) is 5.82 Å². The van der Waals surface area contributed by atoms with Gasteiger partial charge in [0.15, 0.2) is 5.78 Å². The topological polar surface area (TPSA) is 60.2 Å². The number of rotatable bonds is 4. The minimum Gasteiger partial charge on any atom is -0.366 e.